The quantitative estimate of drug-likeness (QED) is 0.322. The summed E-state index contributed by atoms with van der Waals surface area (Å²) in [5.41, 5.74) is 0. The average Bonchev–Trinajstić information content (AvgIpc) is 1.27. The zero-order valence-electron chi connectivity index (χ0n) is 4.40. The van der Waals surface area contributed by atoms with Crippen molar-refractivity contribution >= 4 is 35.5 Å². The van der Waals surface area contributed by atoms with Gasteiger partial charge in [-0.3, -0.25) is 15.2 Å². The fraction of sp³-hybridized carbons (Fsp3) is 0.500. The van der Waals surface area contributed by atoms with E-state index in [4.69, 9.17) is 15.5 Å². The van der Waals surface area contributed by atoms with Crippen LogP contribution < -0.4 is 0 Å². The van der Waals surface area contributed by atoms with E-state index in [1.54, 1.807) is 0 Å². The number of hydrogen-bond donors (Lipinski definition) is 3. The molecule has 0 bridgehead atoms. The SMILES string of the molecule is O=C(O)CN(O)O.[Na]. The van der Waals surface area contributed by atoms with Gasteiger partial charge in [0.1, 0.15) is 6.54 Å². The summed E-state index contributed by atoms with van der Waals surface area (Å²) in [5.74, 6) is -1.29. The Morgan fingerprint density at radius 3 is 1.88 bits per heavy atom. The van der Waals surface area contributed by atoms with Crippen molar-refractivity contribution in [1.29, 1.82) is 0 Å². The molecule has 0 heterocycles. The largest absolute Gasteiger partial charge is 0.480 e. The maximum Gasteiger partial charge on any atom is 0.322 e. The molecule has 0 aliphatic carbocycles. The van der Waals surface area contributed by atoms with Crippen LogP contribution in [0.15, 0.2) is 0 Å². The van der Waals surface area contributed by atoms with Crippen molar-refractivity contribution in [1.82, 2.24) is 5.23 Å². The molecular formula is C2H5NNaO4. The van der Waals surface area contributed by atoms with Crippen molar-refractivity contribution in [2.45, 2.75) is 0 Å². The molecule has 8 heavy (non-hydrogen) atoms. The second kappa shape index (κ2) is 5.49. The van der Waals surface area contributed by atoms with Gasteiger partial charge in [-0.15, -0.1) is 0 Å². The molecule has 0 aromatic rings. The first-order chi connectivity index (χ1) is 3.13. The van der Waals surface area contributed by atoms with Crippen LogP contribution in [0.25, 0.3) is 0 Å². The number of aliphatic carboxylic acids is 1. The van der Waals surface area contributed by atoms with Crippen LogP contribution in [0.5, 0.6) is 0 Å². The minimum absolute atomic E-state index is 0. The molecule has 0 aliphatic rings. The van der Waals surface area contributed by atoms with Gasteiger partial charge in [0.25, 0.3) is 0 Å². The molecule has 0 saturated carbocycles. The normalized spacial score (nSPS) is 8.38. The minimum atomic E-state index is -1.29. The Hall–Kier alpha value is 0.350. The summed E-state index contributed by atoms with van der Waals surface area (Å²) < 4.78 is 0. The summed E-state index contributed by atoms with van der Waals surface area (Å²) in [6, 6.07) is 0. The Morgan fingerprint density at radius 1 is 1.50 bits per heavy atom. The molecule has 0 amide bonds. The summed E-state index contributed by atoms with van der Waals surface area (Å²) in [6.07, 6.45) is 0. The van der Waals surface area contributed by atoms with Crippen molar-refractivity contribution in [3.05, 3.63) is 0 Å². The molecule has 3 N–H and O–H groups in total. The number of nitrogens with zero attached hydrogens (tertiary/aromatic N) is 1. The summed E-state index contributed by atoms with van der Waals surface area (Å²) in [4.78, 5) is 9.45. The van der Waals surface area contributed by atoms with Gasteiger partial charge < -0.3 is 5.11 Å². The monoisotopic (exact) mass is 130 g/mol. The van der Waals surface area contributed by atoms with Gasteiger partial charge in [0.2, 0.25) is 0 Å². The van der Waals surface area contributed by atoms with Crippen molar-refractivity contribution in [3.63, 3.8) is 0 Å². The van der Waals surface area contributed by atoms with Crippen molar-refractivity contribution < 1.29 is 20.3 Å². The first-order valence-corrected chi connectivity index (χ1v) is 1.50. The predicted molar refractivity (Wildman–Crippen MR) is 23.7 cm³/mol. The number of carbonyl (C=O) groups is 1. The van der Waals surface area contributed by atoms with Crippen molar-refractivity contribution in [2.75, 3.05) is 6.54 Å². The maximum atomic E-state index is 9.45. The smallest absolute Gasteiger partial charge is 0.322 e. The molecule has 0 saturated heterocycles. The van der Waals surface area contributed by atoms with Gasteiger partial charge in [0.05, 0.1) is 0 Å². The number of rotatable bonds is 2. The van der Waals surface area contributed by atoms with Gasteiger partial charge in [-0.25, -0.2) is 0 Å². The second-order valence-electron chi connectivity index (χ2n) is 0.924. The third-order valence-corrected chi connectivity index (χ3v) is 0.277. The fourth-order valence-electron chi connectivity index (χ4n) is 0.121. The standard InChI is InChI=1S/C2H5NO4.Na/c4-2(5)1-3(6)7;/h6-7H,1H2,(H,4,5);. The van der Waals surface area contributed by atoms with E-state index in [2.05, 4.69) is 0 Å². The Morgan fingerprint density at radius 2 is 1.88 bits per heavy atom. The number of carboxylic acid groups (broad SMARTS) is 1. The van der Waals surface area contributed by atoms with Crippen LogP contribution in [0.3, 0.4) is 0 Å². The van der Waals surface area contributed by atoms with Gasteiger partial charge >= 0.3 is 5.97 Å². The van der Waals surface area contributed by atoms with Crippen LogP contribution >= 0.6 is 0 Å². The Kier molecular flexibility index (Phi) is 7.67. The van der Waals surface area contributed by atoms with Crippen LogP contribution in [0.4, 0.5) is 0 Å². The molecule has 5 nitrogen and oxygen atoms in total. The second-order valence-corrected chi connectivity index (χ2v) is 0.924. The molecule has 0 unspecified atom stereocenters. The van der Waals surface area contributed by atoms with E-state index >= 15 is 0 Å². The number of hydroxylamine groups is 2. The minimum Gasteiger partial charge on any atom is -0.480 e. The van der Waals surface area contributed by atoms with E-state index in [0.717, 1.165) is 0 Å². The van der Waals surface area contributed by atoms with Gasteiger partial charge in [0.15, 0.2) is 0 Å². The molecule has 0 aromatic heterocycles. The average molecular weight is 130 g/mol. The molecule has 1 radical (unpaired) electrons. The molecule has 0 atom stereocenters. The van der Waals surface area contributed by atoms with Crippen molar-refractivity contribution in [3.8, 4) is 0 Å². The molecule has 0 aromatic carbocycles. The fourth-order valence-corrected chi connectivity index (χ4v) is 0.121. The van der Waals surface area contributed by atoms with Crippen LogP contribution in [0.2, 0.25) is 0 Å². The maximum absolute atomic E-state index is 9.45. The summed E-state index contributed by atoms with van der Waals surface area (Å²) in [7, 11) is 0. The zero-order chi connectivity index (χ0) is 5.86. The summed E-state index contributed by atoms with van der Waals surface area (Å²) >= 11 is 0. The van der Waals surface area contributed by atoms with Crippen LogP contribution in [-0.2, 0) is 4.79 Å². The molecular weight excluding hydrogens is 125 g/mol. The Bertz CT molecular complexity index is 74.4. The zero-order valence-corrected chi connectivity index (χ0v) is 6.40. The van der Waals surface area contributed by atoms with Crippen LogP contribution in [0, 0.1) is 0 Å². The first kappa shape index (κ1) is 11.2. The molecule has 6 heteroatoms. The molecule has 43 valence electrons. The summed E-state index contributed by atoms with van der Waals surface area (Å²) in [6.45, 7) is -0.778. The van der Waals surface area contributed by atoms with Gasteiger partial charge in [-0.1, -0.05) is 5.23 Å². The van der Waals surface area contributed by atoms with Gasteiger partial charge in [0, 0.05) is 29.6 Å². The number of carboxylic acids is 1. The van der Waals surface area contributed by atoms with E-state index in [9.17, 15) is 4.79 Å². The summed E-state index contributed by atoms with van der Waals surface area (Å²) in [5, 5.41) is 22.8. The Labute approximate surface area is 67.7 Å². The predicted octanol–water partition coefficient (Wildman–Crippen LogP) is -1.23. The third-order valence-electron chi connectivity index (χ3n) is 0.277. The van der Waals surface area contributed by atoms with Crippen LogP contribution in [0.1, 0.15) is 0 Å². The third kappa shape index (κ3) is 9.61. The van der Waals surface area contributed by atoms with Crippen LogP contribution in [-0.4, -0.2) is 62.8 Å². The molecule has 0 spiro atoms. The van der Waals surface area contributed by atoms with Gasteiger partial charge in [-0.2, -0.15) is 0 Å². The van der Waals surface area contributed by atoms with E-state index < -0.39 is 17.7 Å². The molecule has 0 aliphatic heterocycles. The number of hydrogen-bond acceptors (Lipinski definition) is 4. The van der Waals surface area contributed by atoms with E-state index in [1.165, 1.54) is 0 Å². The molecule has 0 rings (SSSR count). The van der Waals surface area contributed by atoms with E-state index in [1.807, 2.05) is 0 Å². The Balaban J connectivity index is 0. The van der Waals surface area contributed by atoms with E-state index in [-0.39, 0.29) is 29.6 Å². The van der Waals surface area contributed by atoms with Gasteiger partial charge in [-0.05, 0) is 0 Å². The van der Waals surface area contributed by atoms with Crippen molar-refractivity contribution in [2.24, 2.45) is 0 Å². The molecule has 0 fully saturated rings. The first-order valence-electron chi connectivity index (χ1n) is 1.50. The topological polar surface area (TPSA) is 81.0 Å². The van der Waals surface area contributed by atoms with E-state index in [0.29, 0.717) is 0 Å².